The van der Waals surface area contributed by atoms with Crippen molar-refractivity contribution in [3.8, 4) is 17.2 Å². The summed E-state index contributed by atoms with van der Waals surface area (Å²) in [7, 11) is 0. The minimum absolute atomic E-state index is 0.146. The van der Waals surface area contributed by atoms with E-state index in [1.165, 1.54) is 19.3 Å². The lowest BCUT2D eigenvalue weighted by molar-refractivity contribution is -0.137. The first-order valence-electron chi connectivity index (χ1n) is 6.39. The molecule has 5 nitrogen and oxygen atoms in total. The summed E-state index contributed by atoms with van der Waals surface area (Å²) in [6, 6.07) is 3.42. The lowest BCUT2D eigenvalue weighted by atomic mass is 10.1. The molecule has 0 saturated heterocycles. The summed E-state index contributed by atoms with van der Waals surface area (Å²) in [5, 5.41) is 34.3. The number of phenols is 3. The van der Waals surface area contributed by atoms with Gasteiger partial charge in [-0.05, 0) is 6.42 Å². The van der Waals surface area contributed by atoms with Crippen LogP contribution in [0.4, 0.5) is 0 Å². The van der Waals surface area contributed by atoms with Crippen LogP contribution in [0.3, 0.4) is 0 Å². The lowest BCUT2D eigenvalue weighted by Gasteiger charge is -1.95. The molecule has 1 rings (SSSR count). The Bertz CT molecular complexity index is 326. The molecule has 0 fully saturated rings. The molecule has 0 aliphatic carbocycles. The summed E-state index contributed by atoms with van der Waals surface area (Å²) in [6.07, 6.45) is 5.88. The molecule has 0 unspecified atom stereocenters. The average molecular weight is 270 g/mol. The van der Waals surface area contributed by atoms with Crippen molar-refractivity contribution in [1.29, 1.82) is 0 Å². The molecular formula is C14H22O5. The summed E-state index contributed by atoms with van der Waals surface area (Å²) in [5.41, 5.74) is 0. The molecule has 4 N–H and O–H groups in total. The normalized spacial score (nSPS) is 9.53. The van der Waals surface area contributed by atoms with E-state index in [0.29, 0.717) is 6.42 Å². The summed E-state index contributed by atoms with van der Waals surface area (Å²) in [5.74, 6) is -1.11. The molecule has 0 aliphatic heterocycles. The van der Waals surface area contributed by atoms with Crippen molar-refractivity contribution >= 4 is 5.97 Å². The Labute approximate surface area is 113 Å². The maximum atomic E-state index is 10.0. The van der Waals surface area contributed by atoms with Gasteiger partial charge in [-0.1, -0.05) is 32.6 Å². The first-order chi connectivity index (χ1) is 8.95. The van der Waals surface area contributed by atoms with E-state index >= 15 is 0 Å². The summed E-state index contributed by atoms with van der Waals surface area (Å²) in [6.45, 7) is 2.15. The highest BCUT2D eigenvalue weighted by atomic mass is 16.4. The van der Waals surface area contributed by atoms with E-state index in [-0.39, 0.29) is 17.2 Å². The Morgan fingerprint density at radius 1 is 0.895 bits per heavy atom. The first-order valence-corrected chi connectivity index (χ1v) is 6.39. The zero-order chi connectivity index (χ0) is 14.7. The molecule has 0 radical (unpaired) electrons. The summed E-state index contributed by atoms with van der Waals surface area (Å²) in [4.78, 5) is 10.0. The van der Waals surface area contributed by atoms with Gasteiger partial charge in [-0.2, -0.15) is 0 Å². The number of aliphatic carboxylic acids is 1. The lowest BCUT2D eigenvalue weighted by Crippen LogP contribution is -1.93. The van der Waals surface area contributed by atoms with Crippen molar-refractivity contribution in [3.63, 3.8) is 0 Å². The Balaban J connectivity index is 0.000000342. The molecule has 0 atom stereocenters. The van der Waals surface area contributed by atoms with Crippen LogP contribution in [0, 0.1) is 0 Å². The second-order valence-electron chi connectivity index (χ2n) is 4.27. The fourth-order valence-electron chi connectivity index (χ4n) is 1.46. The van der Waals surface area contributed by atoms with E-state index in [4.69, 9.17) is 20.4 Å². The molecule has 1 aromatic rings. The molecule has 1 aromatic carbocycles. The Kier molecular flexibility index (Phi) is 9.04. The second-order valence-corrected chi connectivity index (χ2v) is 4.27. The highest BCUT2D eigenvalue weighted by Gasteiger charge is 1.95. The largest absolute Gasteiger partial charge is 0.508 e. The van der Waals surface area contributed by atoms with Gasteiger partial charge in [-0.25, -0.2) is 0 Å². The standard InChI is InChI=1S/C8H16O2.C6H6O3/c1-2-3-4-5-6-7-8(9)10;7-4-1-5(8)3-6(9)2-4/h2-7H2,1H3,(H,9,10);1-3,7-9H. The number of rotatable bonds is 6. The van der Waals surface area contributed by atoms with Crippen LogP contribution >= 0.6 is 0 Å². The predicted molar refractivity (Wildman–Crippen MR) is 72.4 cm³/mol. The van der Waals surface area contributed by atoms with Gasteiger partial charge < -0.3 is 20.4 Å². The highest BCUT2D eigenvalue weighted by Crippen LogP contribution is 2.23. The molecule has 0 bridgehead atoms. The smallest absolute Gasteiger partial charge is 0.303 e. The van der Waals surface area contributed by atoms with Gasteiger partial charge in [0.25, 0.3) is 0 Å². The number of carboxylic acid groups (broad SMARTS) is 1. The monoisotopic (exact) mass is 270 g/mol. The number of carboxylic acids is 1. The van der Waals surface area contributed by atoms with Crippen LogP contribution in [-0.4, -0.2) is 26.4 Å². The van der Waals surface area contributed by atoms with Gasteiger partial charge in [-0.3, -0.25) is 4.79 Å². The third kappa shape index (κ3) is 10.9. The number of aromatic hydroxyl groups is 3. The van der Waals surface area contributed by atoms with Crippen LogP contribution in [0.15, 0.2) is 18.2 Å². The van der Waals surface area contributed by atoms with E-state index in [9.17, 15) is 4.79 Å². The molecule has 0 saturated carbocycles. The molecule has 0 aliphatic rings. The predicted octanol–water partition coefficient (Wildman–Crippen LogP) is 3.23. The van der Waals surface area contributed by atoms with Gasteiger partial charge in [0.2, 0.25) is 0 Å². The van der Waals surface area contributed by atoms with Crippen LogP contribution in [0.5, 0.6) is 17.2 Å². The van der Waals surface area contributed by atoms with Crippen molar-refractivity contribution in [3.05, 3.63) is 18.2 Å². The summed E-state index contributed by atoms with van der Waals surface area (Å²) >= 11 is 0. The molecule has 19 heavy (non-hydrogen) atoms. The van der Waals surface area contributed by atoms with E-state index in [1.54, 1.807) is 0 Å². The number of hydrogen-bond donors (Lipinski definition) is 4. The fourth-order valence-corrected chi connectivity index (χ4v) is 1.46. The van der Waals surface area contributed by atoms with Crippen LogP contribution in [-0.2, 0) is 4.79 Å². The number of hydrogen-bond acceptors (Lipinski definition) is 4. The molecule has 0 heterocycles. The van der Waals surface area contributed by atoms with Gasteiger partial charge in [0.1, 0.15) is 17.2 Å². The SMILES string of the molecule is CCCCCCCC(=O)O.Oc1cc(O)cc(O)c1. The van der Waals surface area contributed by atoms with E-state index < -0.39 is 5.97 Å². The third-order valence-electron chi connectivity index (χ3n) is 2.38. The molecule has 0 aromatic heterocycles. The van der Waals surface area contributed by atoms with Gasteiger partial charge in [0.05, 0.1) is 0 Å². The first kappa shape index (κ1) is 17.1. The van der Waals surface area contributed by atoms with E-state index in [0.717, 1.165) is 31.0 Å². The van der Waals surface area contributed by atoms with Crippen molar-refractivity contribution in [2.75, 3.05) is 0 Å². The number of phenolic OH excluding ortho intramolecular Hbond substituents is 3. The van der Waals surface area contributed by atoms with Gasteiger partial charge in [0, 0.05) is 24.6 Å². The number of unbranched alkanes of at least 4 members (excludes halogenated alkanes) is 4. The fraction of sp³-hybridized carbons (Fsp3) is 0.500. The quantitative estimate of drug-likeness (QED) is 0.595. The Morgan fingerprint density at radius 3 is 1.68 bits per heavy atom. The minimum atomic E-state index is -0.670. The van der Waals surface area contributed by atoms with Crippen molar-refractivity contribution in [2.24, 2.45) is 0 Å². The van der Waals surface area contributed by atoms with Crippen LogP contribution < -0.4 is 0 Å². The minimum Gasteiger partial charge on any atom is -0.508 e. The van der Waals surface area contributed by atoms with E-state index in [2.05, 4.69) is 6.92 Å². The highest BCUT2D eigenvalue weighted by molar-refractivity contribution is 5.66. The number of carbonyl (C=O) groups is 1. The van der Waals surface area contributed by atoms with Crippen LogP contribution in [0.1, 0.15) is 45.4 Å². The molecule has 5 heteroatoms. The van der Waals surface area contributed by atoms with Crippen molar-refractivity contribution < 1.29 is 25.2 Å². The molecular weight excluding hydrogens is 248 g/mol. The topological polar surface area (TPSA) is 98.0 Å². The molecule has 0 amide bonds. The maximum Gasteiger partial charge on any atom is 0.303 e. The maximum absolute atomic E-state index is 10.0. The number of benzene rings is 1. The van der Waals surface area contributed by atoms with Crippen molar-refractivity contribution in [1.82, 2.24) is 0 Å². The van der Waals surface area contributed by atoms with Crippen molar-refractivity contribution in [2.45, 2.75) is 45.4 Å². The van der Waals surface area contributed by atoms with Gasteiger partial charge in [0.15, 0.2) is 0 Å². The Morgan fingerprint density at radius 2 is 1.32 bits per heavy atom. The molecule has 0 spiro atoms. The van der Waals surface area contributed by atoms with E-state index in [1.807, 2.05) is 0 Å². The third-order valence-corrected chi connectivity index (χ3v) is 2.38. The van der Waals surface area contributed by atoms with Crippen LogP contribution in [0.25, 0.3) is 0 Å². The average Bonchev–Trinajstić information content (AvgIpc) is 2.27. The second kappa shape index (κ2) is 10.1. The Hall–Kier alpha value is -1.91. The zero-order valence-corrected chi connectivity index (χ0v) is 11.2. The van der Waals surface area contributed by atoms with Gasteiger partial charge >= 0.3 is 5.97 Å². The zero-order valence-electron chi connectivity index (χ0n) is 11.2. The van der Waals surface area contributed by atoms with Gasteiger partial charge in [-0.15, -0.1) is 0 Å². The van der Waals surface area contributed by atoms with Crippen LogP contribution in [0.2, 0.25) is 0 Å². The molecule has 108 valence electrons. The summed E-state index contributed by atoms with van der Waals surface area (Å²) < 4.78 is 0.